The van der Waals surface area contributed by atoms with Gasteiger partial charge in [0.15, 0.2) is 17.3 Å². The van der Waals surface area contributed by atoms with E-state index in [2.05, 4.69) is 10.6 Å². The van der Waals surface area contributed by atoms with E-state index in [1.54, 1.807) is 50.5 Å². The SMILES string of the molecule is COc1cc2c(c(OC)c1OC)-c1ccc(NCCCCCC(=O)N3CCN(C(=O)c4ccco4)CC3)c(=O)cc1C(NC(C)=O)CC2. The number of furan rings is 1. The first kappa shape index (κ1) is 34.3. The molecule has 1 atom stereocenters. The summed E-state index contributed by atoms with van der Waals surface area (Å²) >= 11 is 0. The average molecular weight is 661 g/mol. The van der Waals surface area contributed by atoms with Gasteiger partial charge in [0.2, 0.25) is 23.0 Å². The van der Waals surface area contributed by atoms with E-state index in [-0.39, 0.29) is 29.2 Å². The van der Waals surface area contributed by atoms with Gasteiger partial charge in [0.1, 0.15) is 0 Å². The molecule has 0 spiro atoms. The number of fused-ring (bicyclic) bond motifs is 3. The van der Waals surface area contributed by atoms with Gasteiger partial charge >= 0.3 is 0 Å². The number of nitrogens with one attached hydrogen (secondary N) is 2. The minimum atomic E-state index is -0.378. The standard InChI is InChI=1S/C36H44N4O8/c1-23(41)38-27-13-11-24-21-31(45-2)34(46-3)35(47-4)33(24)25-12-14-28(29(42)22-26(25)27)37-15-7-5-6-10-32(43)39-16-18-40(19-17-39)36(44)30-9-8-20-48-30/h8-9,12,14,20-22,27H,5-7,10-11,13,15-19H2,1-4H3,(H,37,42)(H,38,41). The summed E-state index contributed by atoms with van der Waals surface area (Å²) in [6.07, 6.45) is 5.45. The average Bonchev–Trinajstić information content (AvgIpc) is 3.54. The van der Waals surface area contributed by atoms with Gasteiger partial charge in [-0.25, -0.2) is 0 Å². The van der Waals surface area contributed by atoms with Crippen LogP contribution in [0.4, 0.5) is 5.69 Å². The number of methoxy groups -OCH3 is 3. The predicted molar refractivity (Wildman–Crippen MR) is 181 cm³/mol. The molecule has 1 saturated heterocycles. The van der Waals surface area contributed by atoms with Crippen LogP contribution in [0.15, 0.2) is 51.9 Å². The molecule has 48 heavy (non-hydrogen) atoms. The van der Waals surface area contributed by atoms with Crippen molar-refractivity contribution in [3.63, 3.8) is 0 Å². The number of aryl methyl sites for hydroxylation is 1. The fourth-order valence-corrected chi connectivity index (χ4v) is 6.53. The molecule has 2 N–H and O–H groups in total. The second-order valence-corrected chi connectivity index (χ2v) is 12.0. The quantitative estimate of drug-likeness (QED) is 0.271. The Labute approximate surface area is 280 Å². The molecule has 1 aromatic heterocycles. The lowest BCUT2D eigenvalue weighted by atomic mass is 9.95. The number of amides is 3. The van der Waals surface area contributed by atoms with Crippen molar-refractivity contribution in [2.45, 2.75) is 51.5 Å². The van der Waals surface area contributed by atoms with Crippen molar-refractivity contribution >= 4 is 23.4 Å². The van der Waals surface area contributed by atoms with Gasteiger partial charge in [-0.15, -0.1) is 0 Å². The molecular weight excluding hydrogens is 616 g/mol. The van der Waals surface area contributed by atoms with Crippen LogP contribution in [-0.2, 0) is 16.0 Å². The third kappa shape index (κ3) is 7.58. The number of ether oxygens (including phenoxy) is 3. The summed E-state index contributed by atoms with van der Waals surface area (Å²) < 4.78 is 22.3. The van der Waals surface area contributed by atoms with E-state index >= 15 is 0 Å². The number of nitrogens with zero attached hydrogens (tertiary/aromatic N) is 2. The van der Waals surface area contributed by atoms with Crippen LogP contribution in [0.2, 0.25) is 0 Å². The molecule has 1 aliphatic carbocycles. The summed E-state index contributed by atoms with van der Waals surface area (Å²) in [4.78, 5) is 54.5. The predicted octanol–water partition coefficient (Wildman–Crippen LogP) is 4.41. The molecule has 12 heteroatoms. The highest BCUT2D eigenvalue weighted by Crippen LogP contribution is 2.50. The van der Waals surface area contributed by atoms with Crippen LogP contribution in [0, 0.1) is 0 Å². The first-order valence-electron chi connectivity index (χ1n) is 16.4. The number of piperazine rings is 1. The van der Waals surface area contributed by atoms with Crippen molar-refractivity contribution in [1.29, 1.82) is 0 Å². The van der Waals surface area contributed by atoms with Crippen LogP contribution in [0.25, 0.3) is 11.1 Å². The van der Waals surface area contributed by atoms with Crippen molar-refractivity contribution in [2.24, 2.45) is 0 Å². The Bertz CT molecular complexity index is 1680. The number of rotatable bonds is 12. The number of hydrogen-bond acceptors (Lipinski definition) is 9. The van der Waals surface area contributed by atoms with E-state index in [1.807, 2.05) is 17.0 Å². The Morgan fingerprint density at radius 3 is 2.33 bits per heavy atom. The molecule has 256 valence electrons. The maximum absolute atomic E-state index is 13.5. The zero-order valence-electron chi connectivity index (χ0n) is 28.1. The maximum Gasteiger partial charge on any atom is 0.289 e. The van der Waals surface area contributed by atoms with Crippen molar-refractivity contribution in [3.05, 3.63) is 69.8 Å². The zero-order chi connectivity index (χ0) is 34.2. The van der Waals surface area contributed by atoms with Gasteiger partial charge in [-0.1, -0.05) is 12.5 Å². The molecule has 3 amide bonds. The third-order valence-electron chi connectivity index (χ3n) is 8.95. The Morgan fingerprint density at radius 2 is 1.67 bits per heavy atom. The van der Waals surface area contributed by atoms with Gasteiger partial charge in [-0.05, 0) is 72.7 Å². The minimum absolute atomic E-state index is 0.0881. The molecule has 0 saturated carbocycles. The van der Waals surface area contributed by atoms with Gasteiger partial charge in [-0.3, -0.25) is 19.2 Å². The number of anilines is 1. The van der Waals surface area contributed by atoms with Crippen LogP contribution >= 0.6 is 0 Å². The lowest BCUT2D eigenvalue weighted by molar-refractivity contribution is -0.132. The molecule has 5 rings (SSSR count). The molecule has 2 aromatic carbocycles. The van der Waals surface area contributed by atoms with Crippen molar-refractivity contribution in [2.75, 3.05) is 59.4 Å². The number of benzene rings is 1. The number of unbranched alkanes of at least 4 members (excludes halogenated alkanes) is 2. The summed E-state index contributed by atoms with van der Waals surface area (Å²) in [7, 11) is 4.70. The topological polar surface area (TPSA) is 140 Å². The largest absolute Gasteiger partial charge is 0.493 e. The maximum atomic E-state index is 13.5. The van der Waals surface area contributed by atoms with Gasteiger partial charge in [0, 0.05) is 51.6 Å². The van der Waals surface area contributed by atoms with E-state index in [4.69, 9.17) is 18.6 Å². The Hall–Kier alpha value is -5.00. The molecule has 0 radical (unpaired) electrons. The monoisotopic (exact) mass is 660 g/mol. The van der Waals surface area contributed by atoms with Crippen LogP contribution in [0.1, 0.15) is 66.8 Å². The Balaban J connectivity index is 1.21. The molecule has 12 nitrogen and oxygen atoms in total. The minimum Gasteiger partial charge on any atom is -0.493 e. The summed E-state index contributed by atoms with van der Waals surface area (Å²) in [5.74, 6) is 1.57. The zero-order valence-corrected chi connectivity index (χ0v) is 28.1. The smallest absolute Gasteiger partial charge is 0.289 e. The summed E-state index contributed by atoms with van der Waals surface area (Å²) in [5, 5.41) is 6.31. The van der Waals surface area contributed by atoms with Crippen LogP contribution in [0.5, 0.6) is 17.2 Å². The fraction of sp³-hybridized carbons (Fsp3) is 0.444. The number of carbonyl (C=O) groups is 3. The third-order valence-corrected chi connectivity index (χ3v) is 8.95. The van der Waals surface area contributed by atoms with Crippen molar-refractivity contribution in [3.8, 4) is 28.4 Å². The molecular formula is C36H44N4O8. The van der Waals surface area contributed by atoms with E-state index in [0.29, 0.717) is 86.2 Å². The molecule has 1 unspecified atom stereocenters. The molecule has 3 aromatic rings. The summed E-state index contributed by atoms with van der Waals surface area (Å²) in [5.41, 5.74) is 3.50. The Kier molecular flexibility index (Phi) is 11.3. The normalized spacial score (nSPS) is 15.5. The van der Waals surface area contributed by atoms with Crippen molar-refractivity contribution < 1.29 is 33.0 Å². The Morgan fingerprint density at radius 1 is 0.917 bits per heavy atom. The second-order valence-electron chi connectivity index (χ2n) is 12.0. The summed E-state index contributed by atoms with van der Waals surface area (Å²) in [6, 6.07) is 10.2. The molecule has 1 aliphatic heterocycles. The van der Waals surface area contributed by atoms with E-state index in [0.717, 1.165) is 36.0 Å². The summed E-state index contributed by atoms with van der Waals surface area (Å²) in [6.45, 7) is 4.01. The molecule has 2 heterocycles. The highest BCUT2D eigenvalue weighted by Gasteiger charge is 2.30. The lowest BCUT2D eigenvalue weighted by Gasteiger charge is -2.34. The second kappa shape index (κ2) is 15.7. The highest BCUT2D eigenvalue weighted by molar-refractivity contribution is 5.91. The van der Waals surface area contributed by atoms with Gasteiger partial charge in [0.25, 0.3) is 5.91 Å². The van der Waals surface area contributed by atoms with Crippen LogP contribution in [-0.4, -0.2) is 81.6 Å². The van der Waals surface area contributed by atoms with Gasteiger partial charge < -0.3 is 39.1 Å². The molecule has 1 fully saturated rings. The van der Waals surface area contributed by atoms with Gasteiger partial charge in [-0.2, -0.15) is 0 Å². The number of hydrogen-bond donors (Lipinski definition) is 2. The van der Waals surface area contributed by atoms with Gasteiger partial charge in [0.05, 0.1) is 39.3 Å². The van der Waals surface area contributed by atoms with E-state index in [9.17, 15) is 19.2 Å². The van der Waals surface area contributed by atoms with Crippen LogP contribution < -0.4 is 30.3 Å². The first-order chi connectivity index (χ1) is 23.2. The van der Waals surface area contributed by atoms with E-state index in [1.165, 1.54) is 13.2 Å². The lowest BCUT2D eigenvalue weighted by Crippen LogP contribution is -2.50. The van der Waals surface area contributed by atoms with Crippen molar-refractivity contribution in [1.82, 2.24) is 15.1 Å². The molecule has 2 aliphatic rings. The highest BCUT2D eigenvalue weighted by atomic mass is 16.5. The first-order valence-corrected chi connectivity index (χ1v) is 16.4. The fourth-order valence-electron chi connectivity index (χ4n) is 6.53. The van der Waals surface area contributed by atoms with Crippen LogP contribution in [0.3, 0.4) is 0 Å². The van der Waals surface area contributed by atoms with E-state index < -0.39 is 0 Å². The number of carbonyl (C=O) groups excluding carboxylic acids is 3. The molecule has 0 bridgehead atoms.